The van der Waals surface area contributed by atoms with Crippen molar-refractivity contribution < 1.29 is 4.39 Å². The van der Waals surface area contributed by atoms with Gasteiger partial charge >= 0.3 is 0 Å². The molecule has 2 fully saturated rings. The summed E-state index contributed by atoms with van der Waals surface area (Å²) in [5.41, 5.74) is 0.751. The van der Waals surface area contributed by atoms with Crippen LogP contribution in [0.15, 0.2) is 22.7 Å². The summed E-state index contributed by atoms with van der Waals surface area (Å²) in [5, 5.41) is 3.54. The number of fused-ring (bicyclic) bond motifs is 2. The summed E-state index contributed by atoms with van der Waals surface area (Å²) in [6.45, 7) is 0.624. The first kappa shape index (κ1) is 13.5. The molecule has 2 saturated heterocycles. The van der Waals surface area contributed by atoms with E-state index in [0.717, 1.165) is 22.1 Å². The monoisotopic (exact) mass is 326 g/mol. The van der Waals surface area contributed by atoms with Gasteiger partial charge in [0.15, 0.2) is 0 Å². The fraction of sp³-hybridized carbons (Fsp3) is 0.600. The summed E-state index contributed by atoms with van der Waals surface area (Å²) in [6, 6.07) is 7.12. The maximum absolute atomic E-state index is 13.7. The molecule has 0 amide bonds. The summed E-state index contributed by atoms with van der Waals surface area (Å²) in [4.78, 5) is 2.53. The first-order chi connectivity index (χ1) is 9.13. The average molecular weight is 327 g/mol. The zero-order valence-electron chi connectivity index (χ0n) is 11.2. The number of piperidine rings is 1. The van der Waals surface area contributed by atoms with Gasteiger partial charge in [0.25, 0.3) is 0 Å². The van der Waals surface area contributed by atoms with Crippen LogP contribution in [-0.4, -0.2) is 30.1 Å². The number of hydrogen-bond acceptors (Lipinski definition) is 2. The van der Waals surface area contributed by atoms with Gasteiger partial charge < -0.3 is 10.2 Å². The standard InChI is InChI=1S/C15H20BrFN2/c1-19-13-3-4-14(19)8-12(7-13)18-9-10-6-11(16)2-5-15(10)17/h2,5-6,12-14,18H,3-4,7-9H2,1H3. The van der Waals surface area contributed by atoms with E-state index in [0.29, 0.717) is 12.6 Å². The smallest absolute Gasteiger partial charge is 0.127 e. The second-order valence-corrected chi connectivity index (χ2v) is 6.75. The second-order valence-electron chi connectivity index (χ2n) is 5.84. The Bertz CT molecular complexity index is 451. The van der Waals surface area contributed by atoms with Crippen molar-refractivity contribution in [1.82, 2.24) is 10.2 Å². The van der Waals surface area contributed by atoms with Gasteiger partial charge in [0.1, 0.15) is 5.82 Å². The second kappa shape index (κ2) is 5.51. The molecule has 1 aromatic rings. The molecule has 1 aromatic carbocycles. The van der Waals surface area contributed by atoms with Crippen molar-refractivity contribution in [3.63, 3.8) is 0 Å². The summed E-state index contributed by atoms with van der Waals surface area (Å²) in [7, 11) is 2.24. The fourth-order valence-electron chi connectivity index (χ4n) is 3.51. The molecule has 0 aromatic heterocycles. The number of nitrogens with one attached hydrogen (secondary N) is 1. The summed E-state index contributed by atoms with van der Waals surface area (Å²) >= 11 is 3.40. The quantitative estimate of drug-likeness (QED) is 0.916. The summed E-state index contributed by atoms with van der Waals surface area (Å²) in [5.74, 6) is -0.119. The molecule has 19 heavy (non-hydrogen) atoms. The fourth-order valence-corrected chi connectivity index (χ4v) is 3.92. The Morgan fingerprint density at radius 3 is 2.68 bits per heavy atom. The lowest BCUT2D eigenvalue weighted by molar-refractivity contribution is 0.148. The first-order valence-corrected chi connectivity index (χ1v) is 7.82. The van der Waals surface area contributed by atoms with E-state index in [4.69, 9.17) is 0 Å². The minimum absolute atomic E-state index is 0.119. The van der Waals surface area contributed by atoms with Crippen molar-refractivity contribution in [3.05, 3.63) is 34.1 Å². The highest BCUT2D eigenvalue weighted by Crippen LogP contribution is 2.34. The van der Waals surface area contributed by atoms with Gasteiger partial charge in [-0.05, 0) is 50.9 Å². The lowest BCUT2D eigenvalue weighted by Crippen LogP contribution is -2.47. The Balaban J connectivity index is 1.60. The molecule has 2 atom stereocenters. The van der Waals surface area contributed by atoms with Crippen molar-refractivity contribution in [2.24, 2.45) is 0 Å². The zero-order valence-corrected chi connectivity index (χ0v) is 12.8. The van der Waals surface area contributed by atoms with Crippen LogP contribution in [0.5, 0.6) is 0 Å². The van der Waals surface area contributed by atoms with Crippen LogP contribution in [0.3, 0.4) is 0 Å². The first-order valence-electron chi connectivity index (χ1n) is 7.02. The molecule has 2 heterocycles. The predicted octanol–water partition coefficient (Wildman–Crippen LogP) is 3.30. The zero-order chi connectivity index (χ0) is 13.4. The van der Waals surface area contributed by atoms with Gasteiger partial charge in [-0.25, -0.2) is 4.39 Å². The Kier molecular flexibility index (Phi) is 3.92. The van der Waals surface area contributed by atoms with Crippen LogP contribution in [0.4, 0.5) is 4.39 Å². The molecule has 4 heteroatoms. The van der Waals surface area contributed by atoms with Gasteiger partial charge in [-0.2, -0.15) is 0 Å². The third kappa shape index (κ3) is 2.86. The molecular formula is C15H20BrFN2. The molecule has 0 spiro atoms. The number of rotatable bonds is 3. The van der Waals surface area contributed by atoms with Crippen LogP contribution >= 0.6 is 15.9 Å². The highest BCUT2D eigenvalue weighted by atomic mass is 79.9. The molecule has 104 valence electrons. The van der Waals surface area contributed by atoms with Crippen LogP contribution < -0.4 is 5.32 Å². The Morgan fingerprint density at radius 1 is 1.32 bits per heavy atom. The van der Waals surface area contributed by atoms with Crippen LogP contribution in [0.1, 0.15) is 31.2 Å². The summed E-state index contributed by atoms with van der Waals surface area (Å²) in [6.07, 6.45) is 5.04. The van der Waals surface area contributed by atoms with Crippen molar-refractivity contribution in [2.75, 3.05) is 7.05 Å². The summed E-state index contributed by atoms with van der Waals surface area (Å²) < 4.78 is 14.6. The lowest BCUT2D eigenvalue weighted by atomic mass is 9.98. The van der Waals surface area contributed by atoms with Crippen LogP contribution in [-0.2, 0) is 6.54 Å². The highest BCUT2D eigenvalue weighted by Gasteiger charge is 2.38. The molecule has 2 aliphatic heterocycles. The third-order valence-corrected chi connectivity index (χ3v) is 5.18. The van der Waals surface area contributed by atoms with Crippen LogP contribution in [0.2, 0.25) is 0 Å². The van der Waals surface area contributed by atoms with E-state index >= 15 is 0 Å². The van der Waals surface area contributed by atoms with E-state index in [1.165, 1.54) is 31.7 Å². The topological polar surface area (TPSA) is 15.3 Å². The number of hydrogen-bond donors (Lipinski definition) is 1. The molecule has 3 rings (SSSR count). The Hall–Kier alpha value is -0.450. The predicted molar refractivity (Wildman–Crippen MR) is 78.5 cm³/mol. The maximum atomic E-state index is 13.7. The molecule has 0 aliphatic carbocycles. The Labute approximate surface area is 122 Å². The number of nitrogens with zero attached hydrogens (tertiary/aromatic N) is 1. The molecule has 2 unspecified atom stereocenters. The number of halogens is 2. The van der Waals surface area contributed by atoms with Gasteiger partial charge in [0, 0.05) is 34.7 Å². The van der Waals surface area contributed by atoms with Crippen molar-refractivity contribution in [1.29, 1.82) is 0 Å². The normalized spacial score (nSPS) is 30.8. The van der Waals surface area contributed by atoms with Crippen LogP contribution in [0, 0.1) is 5.82 Å². The lowest BCUT2D eigenvalue weighted by Gasteiger charge is -2.36. The molecule has 2 nitrogen and oxygen atoms in total. The molecule has 0 saturated carbocycles. The van der Waals surface area contributed by atoms with Crippen molar-refractivity contribution >= 4 is 15.9 Å². The van der Waals surface area contributed by atoms with Gasteiger partial charge in [0.2, 0.25) is 0 Å². The van der Waals surface area contributed by atoms with Crippen molar-refractivity contribution in [3.8, 4) is 0 Å². The highest BCUT2D eigenvalue weighted by molar-refractivity contribution is 9.10. The molecule has 2 bridgehead atoms. The Morgan fingerprint density at radius 2 is 2.00 bits per heavy atom. The average Bonchev–Trinajstić information content (AvgIpc) is 2.63. The minimum Gasteiger partial charge on any atom is -0.310 e. The largest absolute Gasteiger partial charge is 0.310 e. The van der Waals surface area contributed by atoms with Crippen LogP contribution in [0.25, 0.3) is 0 Å². The van der Waals surface area contributed by atoms with E-state index in [9.17, 15) is 4.39 Å². The molecule has 2 aliphatic rings. The van der Waals surface area contributed by atoms with Gasteiger partial charge in [-0.3, -0.25) is 0 Å². The minimum atomic E-state index is -0.119. The van der Waals surface area contributed by atoms with E-state index in [1.54, 1.807) is 6.07 Å². The van der Waals surface area contributed by atoms with Crippen molar-refractivity contribution in [2.45, 2.75) is 50.4 Å². The van der Waals surface area contributed by atoms with Gasteiger partial charge in [0.05, 0.1) is 0 Å². The molecule has 0 radical (unpaired) electrons. The van der Waals surface area contributed by atoms with Gasteiger partial charge in [-0.15, -0.1) is 0 Å². The van der Waals surface area contributed by atoms with E-state index in [-0.39, 0.29) is 5.82 Å². The molecular weight excluding hydrogens is 307 g/mol. The number of benzene rings is 1. The maximum Gasteiger partial charge on any atom is 0.127 e. The van der Waals surface area contributed by atoms with Gasteiger partial charge in [-0.1, -0.05) is 15.9 Å². The van der Waals surface area contributed by atoms with E-state index in [1.807, 2.05) is 6.07 Å². The third-order valence-electron chi connectivity index (χ3n) is 4.69. The van der Waals surface area contributed by atoms with E-state index < -0.39 is 0 Å². The SMILES string of the molecule is CN1C2CCC1CC(NCc1cc(Br)ccc1F)C2. The van der Waals surface area contributed by atoms with E-state index in [2.05, 4.69) is 33.2 Å². The molecule has 1 N–H and O–H groups in total.